The molecule has 24 heavy (non-hydrogen) atoms. The number of hydrogen-bond donors (Lipinski definition) is 0. The second kappa shape index (κ2) is 8.44. The molecule has 0 bridgehead atoms. The second-order valence-electron chi connectivity index (χ2n) is 5.95. The molecule has 0 aliphatic rings. The first-order chi connectivity index (χ1) is 11.4. The van der Waals surface area contributed by atoms with E-state index in [1.165, 1.54) is 6.07 Å². The van der Waals surface area contributed by atoms with Gasteiger partial charge in [-0.1, -0.05) is 18.2 Å². The Balaban J connectivity index is 2.27. The Hall–Kier alpha value is -1.66. The lowest BCUT2D eigenvalue weighted by atomic mass is 10.2. The van der Waals surface area contributed by atoms with Crippen LogP contribution in [0.5, 0.6) is 0 Å². The molecule has 4 nitrogen and oxygen atoms in total. The van der Waals surface area contributed by atoms with E-state index in [0.717, 1.165) is 4.47 Å². The molecule has 0 saturated carbocycles. The fourth-order valence-corrected chi connectivity index (χ4v) is 2.95. The van der Waals surface area contributed by atoms with Crippen LogP contribution in [0, 0.1) is 5.82 Å². The van der Waals surface area contributed by atoms with Crippen LogP contribution < -0.4 is 0 Å². The van der Waals surface area contributed by atoms with Crippen molar-refractivity contribution >= 4 is 21.8 Å². The molecule has 0 radical (unpaired) electrons. The number of amides is 1. The van der Waals surface area contributed by atoms with Gasteiger partial charge in [-0.3, -0.25) is 4.79 Å². The zero-order chi connectivity index (χ0) is 17.7. The predicted octanol–water partition coefficient (Wildman–Crippen LogP) is 3.61. The number of likely N-dealkylation sites (N-methyl/N-ethyl adjacent to an activating group) is 1. The van der Waals surface area contributed by atoms with E-state index in [9.17, 15) is 9.18 Å². The molecule has 1 aromatic heterocycles. The summed E-state index contributed by atoms with van der Waals surface area (Å²) in [5.41, 5.74) is 1.14. The van der Waals surface area contributed by atoms with Gasteiger partial charge >= 0.3 is 0 Å². The summed E-state index contributed by atoms with van der Waals surface area (Å²) in [4.78, 5) is 16.7. The number of benzene rings is 1. The number of rotatable bonds is 7. The molecule has 0 spiro atoms. The highest BCUT2D eigenvalue weighted by Gasteiger charge is 2.21. The molecular formula is C18H23BrFN3O. The van der Waals surface area contributed by atoms with Crippen LogP contribution in [-0.4, -0.2) is 47.5 Å². The maximum Gasteiger partial charge on any atom is 0.270 e. The zero-order valence-electron chi connectivity index (χ0n) is 14.3. The third-order valence-corrected chi connectivity index (χ3v) is 4.28. The third kappa shape index (κ3) is 4.68. The van der Waals surface area contributed by atoms with Crippen molar-refractivity contribution in [3.05, 3.63) is 58.1 Å². The summed E-state index contributed by atoms with van der Waals surface area (Å²) in [6.07, 6.45) is 1.89. The molecule has 0 fully saturated rings. The minimum atomic E-state index is -0.285. The van der Waals surface area contributed by atoms with Crippen molar-refractivity contribution in [2.24, 2.45) is 0 Å². The summed E-state index contributed by atoms with van der Waals surface area (Å²) >= 11 is 3.42. The number of halogens is 2. The minimum Gasteiger partial charge on any atom is -0.343 e. The highest BCUT2D eigenvalue weighted by molar-refractivity contribution is 9.10. The Bertz CT molecular complexity index is 699. The number of nitrogens with zero attached hydrogens (tertiary/aromatic N) is 3. The Morgan fingerprint density at radius 2 is 1.96 bits per heavy atom. The topological polar surface area (TPSA) is 28.5 Å². The normalized spacial score (nSPS) is 11.1. The monoisotopic (exact) mass is 395 g/mol. The molecule has 0 aliphatic heterocycles. The van der Waals surface area contributed by atoms with Crippen LogP contribution in [0.3, 0.4) is 0 Å². The number of aryl methyl sites for hydroxylation is 1. The quantitative estimate of drug-likeness (QED) is 0.716. The van der Waals surface area contributed by atoms with E-state index in [2.05, 4.69) is 15.9 Å². The van der Waals surface area contributed by atoms with Gasteiger partial charge in [-0.15, -0.1) is 0 Å². The van der Waals surface area contributed by atoms with E-state index in [1.807, 2.05) is 42.7 Å². The molecule has 0 atom stereocenters. The van der Waals surface area contributed by atoms with E-state index in [0.29, 0.717) is 30.9 Å². The molecule has 130 valence electrons. The Morgan fingerprint density at radius 1 is 1.25 bits per heavy atom. The van der Waals surface area contributed by atoms with Gasteiger partial charge in [0, 0.05) is 42.4 Å². The van der Waals surface area contributed by atoms with Crippen LogP contribution in [0.25, 0.3) is 0 Å². The zero-order valence-corrected chi connectivity index (χ0v) is 15.9. The Morgan fingerprint density at radius 3 is 2.58 bits per heavy atom. The fraction of sp³-hybridized carbons (Fsp3) is 0.389. The number of carbonyl (C=O) groups excluding carboxylic acids is 1. The van der Waals surface area contributed by atoms with E-state index in [4.69, 9.17) is 0 Å². The molecular weight excluding hydrogens is 373 g/mol. The molecule has 1 heterocycles. The molecule has 6 heteroatoms. The first kappa shape index (κ1) is 18.7. The molecule has 1 aromatic carbocycles. The molecule has 2 rings (SSSR count). The van der Waals surface area contributed by atoms with Crippen molar-refractivity contribution in [3.8, 4) is 0 Å². The number of aromatic nitrogens is 1. The van der Waals surface area contributed by atoms with Crippen molar-refractivity contribution < 1.29 is 9.18 Å². The third-order valence-electron chi connectivity index (χ3n) is 3.85. The van der Waals surface area contributed by atoms with Crippen LogP contribution in [0.1, 0.15) is 23.0 Å². The first-order valence-electron chi connectivity index (χ1n) is 7.95. The number of hydrogen-bond acceptors (Lipinski definition) is 2. The van der Waals surface area contributed by atoms with Gasteiger partial charge in [0.15, 0.2) is 0 Å². The SMILES string of the molecule is CCn1cc(Br)cc1C(=O)N(CCN(C)C)Cc1ccccc1F. The largest absolute Gasteiger partial charge is 0.343 e. The summed E-state index contributed by atoms with van der Waals surface area (Å²) in [5.74, 6) is -0.375. The maximum absolute atomic E-state index is 14.0. The molecule has 1 amide bonds. The summed E-state index contributed by atoms with van der Waals surface area (Å²) in [7, 11) is 3.91. The summed E-state index contributed by atoms with van der Waals surface area (Å²) < 4.78 is 16.8. The van der Waals surface area contributed by atoms with Crippen LogP contribution in [-0.2, 0) is 13.1 Å². The van der Waals surface area contributed by atoms with Gasteiger partial charge in [0.1, 0.15) is 11.5 Å². The van der Waals surface area contributed by atoms with E-state index in [-0.39, 0.29) is 18.3 Å². The van der Waals surface area contributed by atoms with Crippen molar-refractivity contribution in [3.63, 3.8) is 0 Å². The first-order valence-corrected chi connectivity index (χ1v) is 8.74. The highest BCUT2D eigenvalue weighted by atomic mass is 79.9. The molecule has 0 unspecified atom stereocenters. The van der Waals surface area contributed by atoms with Crippen LogP contribution in [0.4, 0.5) is 4.39 Å². The minimum absolute atomic E-state index is 0.0901. The smallest absolute Gasteiger partial charge is 0.270 e. The number of carbonyl (C=O) groups is 1. The van der Waals surface area contributed by atoms with Crippen LogP contribution >= 0.6 is 15.9 Å². The highest BCUT2D eigenvalue weighted by Crippen LogP contribution is 2.18. The fourth-order valence-electron chi connectivity index (χ4n) is 2.48. The van der Waals surface area contributed by atoms with Crippen LogP contribution in [0.15, 0.2) is 41.0 Å². The molecule has 0 aliphatic carbocycles. The summed E-state index contributed by atoms with van der Waals surface area (Å²) in [6.45, 7) is 4.20. The Labute approximate surface area is 151 Å². The van der Waals surface area contributed by atoms with Gasteiger partial charge < -0.3 is 14.4 Å². The lowest BCUT2D eigenvalue weighted by Gasteiger charge is -2.25. The van der Waals surface area contributed by atoms with Gasteiger partial charge in [-0.25, -0.2) is 4.39 Å². The summed E-state index contributed by atoms with van der Waals surface area (Å²) in [6, 6.07) is 8.41. The van der Waals surface area contributed by atoms with Crippen molar-refractivity contribution in [2.75, 3.05) is 27.2 Å². The van der Waals surface area contributed by atoms with E-state index < -0.39 is 0 Å². The van der Waals surface area contributed by atoms with Gasteiger partial charge in [0.25, 0.3) is 5.91 Å². The van der Waals surface area contributed by atoms with Gasteiger partial charge in [0.2, 0.25) is 0 Å². The lowest BCUT2D eigenvalue weighted by Crippen LogP contribution is -2.37. The van der Waals surface area contributed by atoms with Crippen molar-refractivity contribution in [2.45, 2.75) is 20.0 Å². The van der Waals surface area contributed by atoms with Crippen molar-refractivity contribution in [1.82, 2.24) is 14.4 Å². The average Bonchev–Trinajstić information content (AvgIpc) is 2.93. The van der Waals surface area contributed by atoms with Gasteiger partial charge in [-0.2, -0.15) is 0 Å². The van der Waals surface area contributed by atoms with E-state index >= 15 is 0 Å². The van der Waals surface area contributed by atoms with Crippen molar-refractivity contribution in [1.29, 1.82) is 0 Å². The summed E-state index contributed by atoms with van der Waals surface area (Å²) in [5, 5.41) is 0. The maximum atomic E-state index is 14.0. The van der Waals surface area contributed by atoms with E-state index in [1.54, 1.807) is 23.1 Å². The molecule has 2 aromatic rings. The molecule has 0 saturated heterocycles. The standard InChI is InChI=1S/C18H23BrFN3O/c1-4-22-13-15(19)11-17(22)18(24)23(10-9-21(2)3)12-14-7-5-6-8-16(14)20/h5-8,11,13H,4,9-10,12H2,1-3H3. The van der Waals surface area contributed by atoms with Gasteiger partial charge in [0.05, 0.1) is 0 Å². The average molecular weight is 396 g/mol. The lowest BCUT2D eigenvalue weighted by molar-refractivity contribution is 0.0719. The second-order valence-corrected chi connectivity index (χ2v) is 6.87. The molecule has 0 N–H and O–H groups in total. The predicted molar refractivity (Wildman–Crippen MR) is 97.5 cm³/mol. The van der Waals surface area contributed by atoms with Crippen LogP contribution in [0.2, 0.25) is 0 Å². The Kier molecular flexibility index (Phi) is 6.57. The van der Waals surface area contributed by atoms with Gasteiger partial charge in [-0.05, 0) is 49.1 Å².